The normalized spacial score (nSPS) is 22.8. The first-order valence-corrected chi connectivity index (χ1v) is 9.03. The number of likely N-dealkylation sites (tertiary alicyclic amines) is 1. The van der Waals surface area contributed by atoms with Gasteiger partial charge in [-0.1, -0.05) is 30.3 Å². The van der Waals surface area contributed by atoms with Crippen LogP contribution in [0.5, 0.6) is 0 Å². The molecule has 4 nitrogen and oxygen atoms in total. The van der Waals surface area contributed by atoms with Crippen LogP contribution in [0.2, 0.25) is 0 Å². The number of sulfonamides is 1. The van der Waals surface area contributed by atoms with Crippen LogP contribution in [0, 0.1) is 5.92 Å². The summed E-state index contributed by atoms with van der Waals surface area (Å²) in [4.78, 5) is 2.31. The molecule has 1 unspecified atom stereocenters. The molecule has 0 saturated carbocycles. The molecule has 1 atom stereocenters. The van der Waals surface area contributed by atoms with Crippen molar-refractivity contribution in [3.8, 4) is 0 Å². The van der Waals surface area contributed by atoms with Crippen LogP contribution in [-0.4, -0.2) is 50.3 Å². The summed E-state index contributed by atoms with van der Waals surface area (Å²) in [6.07, 6.45) is 1.05. The molecule has 0 N–H and O–H groups in total. The minimum Gasteiger partial charge on any atom is -0.301 e. The van der Waals surface area contributed by atoms with E-state index in [1.807, 2.05) is 30.3 Å². The first-order valence-electron chi connectivity index (χ1n) is 7.42. The fraction of sp³-hybridized carbons (Fsp3) is 0.625. The quantitative estimate of drug-likeness (QED) is 0.837. The minimum atomic E-state index is -3.25. The van der Waals surface area contributed by atoms with E-state index in [1.165, 1.54) is 4.31 Å². The second-order valence-electron chi connectivity index (χ2n) is 6.58. The average Bonchev–Trinajstić information content (AvgIpc) is 2.66. The van der Waals surface area contributed by atoms with Gasteiger partial charge in [0.15, 0.2) is 0 Å². The molecule has 2 rings (SSSR count). The maximum atomic E-state index is 12.5. The monoisotopic (exact) mass is 310 g/mol. The highest BCUT2D eigenvalue weighted by Crippen LogP contribution is 2.34. The average molecular weight is 310 g/mol. The van der Waals surface area contributed by atoms with Crippen molar-refractivity contribution in [2.24, 2.45) is 5.92 Å². The van der Waals surface area contributed by atoms with Gasteiger partial charge in [-0.3, -0.25) is 0 Å². The zero-order valence-electron chi connectivity index (χ0n) is 13.4. The van der Waals surface area contributed by atoms with Crippen molar-refractivity contribution in [3.63, 3.8) is 0 Å². The van der Waals surface area contributed by atoms with Crippen molar-refractivity contribution >= 4 is 10.0 Å². The number of hydrogen-bond donors (Lipinski definition) is 0. The van der Waals surface area contributed by atoms with Gasteiger partial charge in [-0.15, -0.1) is 0 Å². The molecule has 1 aliphatic heterocycles. The van der Waals surface area contributed by atoms with E-state index in [-0.39, 0.29) is 11.3 Å². The Morgan fingerprint density at radius 2 is 1.90 bits per heavy atom. The third-order valence-corrected chi connectivity index (χ3v) is 6.74. The van der Waals surface area contributed by atoms with Gasteiger partial charge in [-0.05, 0) is 45.3 Å². The van der Waals surface area contributed by atoms with Crippen LogP contribution >= 0.6 is 0 Å². The summed E-state index contributed by atoms with van der Waals surface area (Å²) in [5, 5.41) is 0. The lowest BCUT2D eigenvalue weighted by Gasteiger charge is -2.35. The summed E-state index contributed by atoms with van der Waals surface area (Å²) in [5.41, 5.74) is 0.892. The Bertz CT molecular complexity index is 569. The lowest BCUT2D eigenvalue weighted by molar-refractivity contribution is 0.160. The third kappa shape index (κ3) is 3.65. The van der Waals surface area contributed by atoms with Gasteiger partial charge in [-0.25, -0.2) is 12.7 Å². The van der Waals surface area contributed by atoms with Crippen LogP contribution in [0.1, 0.15) is 25.8 Å². The molecule has 1 aromatic carbocycles. The predicted octanol–water partition coefficient (Wildman–Crippen LogP) is 2.18. The Labute approximate surface area is 128 Å². The van der Waals surface area contributed by atoms with Gasteiger partial charge in [-0.2, -0.15) is 0 Å². The first-order chi connectivity index (χ1) is 9.73. The predicted molar refractivity (Wildman–Crippen MR) is 86.5 cm³/mol. The molecule has 21 heavy (non-hydrogen) atoms. The summed E-state index contributed by atoms with van der Waals surface area (Å²) < 4.78 is 26.5. The molecule has 5 heteroatoms. The van der Waals surface area contributed by atoms with Crippen LogP contribution in [0.25, 0.3) is 0 Å². The molecule has 0 aliphatic carbocycles. The topological polar surface area (TPSA) is 40.6 Å². The standard InChI is InChI=1S/C16H26N2O2S/c1-16(2)15(10-11-17(16)3)12-18(4)21(19,20)13-14-8-6-5-7-9-14/h5-9,15H,10-13H2,1-4H3. The lowest BCUT2D eigenvalue weighted by Crippen LogP contribution is -2.44. The molecule has 1 fully saturated rings. The van der Waals surface area contributed by atoms with Gasteiger partial charge >= 0.3 is 0 Å². The molecular weight excluding hydrogens is 284 g/mol. The summed E-state index contributed by atoms with van der Waals surface area (Å²) in [6.45, 7) is 6.02. The fourth-order valence-electron chi connectivity index (χ4n) is 2.94. The van der Waals surface area contributed by atoms with Gasteiger partial charge < -0.3 is 4.90 Å². The molecule has 1 saturated heterocycles. The van der Waals surface area contributed by atoms with E-state index in [2.05, 4.69) is 25.8 Å². The maximum Gasteiger partial charge on any atom is 0.218 e. The molecule has 0 aromatic heterocycles. The Morgan fingerprint density at radius 3 is 2.43 bits per heavy atom. The number of benzene rings is 1. The highest BCUT2D eigenvalue weighted by Gasteiger charge is 2.40. The second kappa shape index (κ2) is 6.07. The van der Waals surface area contributed by atoms with Crippen LogP contribution in [-0.2, 0) is 15.8 Å². The molecule has 0 spiro atoms. The summed E-state index contributed by atoms with van der Waals surface area (Å²) in [5.74, 6) is 0.450. The van der Waals surface area contributed by atoms with E-state index < -0.39 is 10.0 Å². The van der Waals surface area contributed by atoms with Gasteiger partial charge in [0.1, 0.15) is 0 Å². The Hall–Kier alpha value is -0.910. The molecule has 0 bridgehead atoms. The maximum absolute atomic E-state index is 12.5. The minimum absolute atomic E-state index is 0.0521. The van der Waals surface area contributed by atoms with Crippen molar-refractivity contribution in [2.75, 3.05) is 27.2 Å². The van der Waals surface area contributed by atoms with Crippen LogP contribution < -0.4 is 0 Å². The van der Waals surface area contributed by atoms with E-state index >= 15 is 0 Å². The largest absolute Gasteiger partial charge is 0.301 e. The van der Waals surface area contributed by atoms with Gasteiger partial charge in [0.25, 0.3) is 0 Å². The molecule has 1 aliphatic rings. The molecular formula is C16H26N2O2S. The molecule has 1 heterocycles. The van der Waals surface area contributed by atoms with Crippen LogP contribution in [0.15, 0.2) is 30.3 Å². The zero-order chi connectivity index (χ0) is 15.7. The highest BCUT2D eigenvalue weighted by molar-refractivity contribution is 7.88. The molecule has 118 valence electrons. The third-order valence-electron chi connectivity index (χ3n) is 4.94. The van der Waals surface area contributed by atoms with Crippen molar-refractivity contribution in [3.05, 3.63) is 35.9 Å². The Morgan fingerprint density at radius 1 is 1.29 bits per heavy atom. The second-order valence-corrected chi connectivity index (χ2v) is 8.66. The first kappa shape index (κ1) is 16.5. The van der Waals surface area contributed by atoms with E-state index in [4.69, 9.17) is 0 Å². The summed E-state index contributed by atoms with van der Waals surface area (Å²) in [7, 11) is 0.557. The van der Waals surface area contributed by atoms with Gasteiger partial charge in [0.05, 0.1) is 5.75 Å². The van der Waals surface area contributed by atoms with Crippen LogP contribution in [0.4, 0.5) is 0 Å². The molecule has 0 radical (unpaired) electrons. The molecule has 0 amide bonds. The number of rotatable bonds is 5. The highest BCUT2D eigenvalue weighted by atomic mass is 32.2. The number of hydrogen-bond acceptors (Lipinski definition) is 3. The van der Waals surface area contributed by atoms with Crippen molar-refractivity contribution in [1.82, 2.24) is 9.21 Å². The number of nitrogens with zero attached hydrogens (tertiary/aromatic N) is 2. The van der Waals surface area contributed by atoms with E-state index in [0.717, 1.165) is 18.5 Å². The Balaban J connectivity index is 2.04. The smallest absolute Gasteiger partial charge is 0.218 e. The molecule has 1 aromatic rings. The van der Waals surface area contributed by atoms with Gasteiger partial charge in [0, 0.05) is 19.1 Å². The van der Waals surface area contributed by atoms with E-state index in [9.17, 15) is 8.42 Å². The fourth-order valence-corrected chi connectivity index (χ4v) is 4.18. The summed E-state index contributed by atoms with van der Waals surface area (Å²) in [6, 6.07) is 9.37. The van der Waals surface area contributed by atoms with Crippen LogP contribution in [0.3, 0.4) is 0 Å². The lowest BCUT2D eigenvalue weighted by atomic mass is 9.88. The van der Waals surface area contributed by atoms with Crippen molar-refractivity contribution < 1.29 is 8.42 Å². The Kier molecular flexibility index (Phi) is 4.76. The SMILES string of the molecule is CN1CCC(CN(C)S(=O)(=O)Cc2ccccc2)C1(C)C. The van der Waals surface area contributed by atoms with E-state index in [1.54, 1.807) is 7.05 Å². The van der Waals surface area contributed by atoms with Gasteiger partial charge in [0.2, 0.25) is 10.0 Å². The zero-order valence-corrected chi connectivity index (χ0v) is 14.2. The van der Waals surface area contributed by atoms with Crippen molar-refractivity contribution in [2.45, 2.75) is 31.6 Å². The van der Waals surface area contributed by atoms with Crippen molar-refractivity contribution in [1.29, 1.82) is 0 Å². The van der Waals surface area contributed by atoms with E-state index in [0.29, 0.717) is 12.5 Å². The summed E-state index contributed by atoms with van der Waals surface area (Å²) >= 11 is 0.